The lowest BCUT2D eigenvalue weighted by atomic mass is 10.1. The van der Waals surface area contributed by atoms with Crippen LogP contribution in [0.25, 0.3) is 0 Å². The number of hydrogen-bond acceptors (Lipinski definition) is 3. The largest absolute Gasteiger partial charge is 0.350 e. The van der Waals surface area contributed by atoms with Gasteiger partial charge in [0.25, 0.3) is 5.91 Å². The maximum atomic E-state index is 13.1. The van der Waals surface area contributed by atoms with E-state index in [1.54, 1.807) is 0 Å². The lowest BCUT2D eigenvalue weighted by Crippen LogP contribution is -2.46. The Bertz CT molecular complexity index is 529. The van der Waals surface area contributed by atoms with E-state index < -0.39 is 11.7 Å². The highest BCUT2D eigenvalue weighted by atomic mass is 35.5. The second-order valence-electron chi connectivity index (χ2n) is 5.45. The third-order valence-electron chi connectivity index (χ3n) is 2.28. The molecule has 0 atom stereocenters. The quantitative estimate of drug-likeness (QED) is 0.867. The first-order valence-corrected chi connectivity index (χ1v) is 6.35. The molecule has 0 aromatic carbocycles. The summed E-state index contributed by atoms with van der Waals surface area (Å²) in [6.45, 7) is 5.35. The minimum absolute atomic E-state index is 0.0716. The maximum Gasteiger partial charge on any atom is 0.257 e. The number of nitrogens with zero attached hydrogens (tertiary/aromatic N) is 2. The number of carbonyl (C=O) groups excluding carboxylic acids is 2. The van der Waals surface area contributed by atoms with Gasteiger partial charge in [-0.1, -0.05) is 11.6 Å². The van der Waals surface area contributed by atoms with Crippen LogP contribution in [0.4, 0.5) is 4.39 Å². The molecule has 0 saturated carbocycles. The second kappa shape index (κ2) is 6.17. The summed E-state index contributed by atoms with van der Waals surface area (Å²) in [6, 6.07) is 0.996. The van der Waals surface area contributed by atoms with Gasteiger partial charge in [-0.05, 0) is 26.8 Å². The molecule has 1 rings (SSSR count). The van der Waals surface area contributed by atoms with Crippen molar-refractivity contribution in [2.24, 2.45) is 0 Å². The number of likely N-dealkylation sites (N-methyl/N-ethyl adjacent to an activating group) is 1. The molecule has 0 bridgehead atoms. The third kappa shape index (κ3) is 4.77. The van der Waals surface area contributed by atoms with Crippen LogP contribution in [0.2, 0.25) is 5.15 Å². The van der Waals surface area contributed by atoms with E-state index in [-0.39, 0.29) is 28.7 Å². The lowest BCUT2D eigenvalue weighted by Gasteiger charge is -2.23. The van der Waals surface area contributed by atoms with E-state index in [0.717, 1.165) is 17.2 Å². The van der Waals surface area contributed by atoms with Crippen molar-refractivity contribution >= 4 is 23.4 Å². The molecule has 0 aliphatic rings. The van der Waals surface area contributed by atoms with Crippen molar-refractivity contribution in [3.05, 3.63) is 28.8 Å². The Kier molecular flexibility index (Phi) is 5.05. The van der Waals surface area contributed by atoms with E-state index in [0.29, 0.717) is 0 Å². The van der Waals surface area contributed by atoms with Crippen LogP contribution in [-0.4, -0.2) is 40.8 Å². The molecule has 0 aliphatic carbocycles. The van der Waals surface area contributed by atoms with Gasteiger partial charge in [0.15, 0.2) is 0 Å². The summed E-state index contributed by atoms with van der Waals surface area (Å²) in [5.41, 5.74) is -0.461. The average molecular weight is 302 g/mol. The molecule has 0 unspecified atom stereocenters. The van der Waals surface area contributed by atoms with E-state index in [4.69, 9.17) is 11.6 Å². The monoisotopic (exact) mass is 301 g/mol. The molecular formula is C13H17ClFN3O2. The summed E-state index contributed by atoms with van der Waals surface area (Å²) in [7, 11) is 1.44. The molecule has 1 heterocycles. The van der Waals surface area contributed by atoms with E-state index in [9.17, 15) is 14.0 Å². The molecule has 20 heavy (non-hydrogen) atoms. The van der Waals surface area contributed by atoms with Gasteiger partial charge in [0.1, 0.15) is 11.0 Å². The Morgan fingerprint density at radius 3 is 2.60 bits per heavy atom. The zero-order valence-electron chi connectivity index (χ0n) is 11.8. The Hall–Kier alpha value is -1.69. The van der Waals surface area contributed by atoms with E-state index in [1.807, 2.05) is 20.8 Å². The van der Waals surface area contributed by atoms with Crippen molar-refractivity contribution in [1.29, 1.82) is 0 Å². The van der Waals surface area contributed by atoms with Gasteiger partial charge >= 0.3 is 0 Å². The number of hydrogen-bond donors (Lipinski definition) is 1. The molecule has 2 amide bonds. The molecule has 1 aromatic rings. The summed E-state index contributed by atoms with van der Waals surface area (Å²) in [4.78, 5) is 28.5. The molecule has 7 heteroatoms. The van der Waals surface area contributed by atoms with Gasteiger partial charge in [-0.2, -0.15) is 0 Å². The highest BCUT2D eigenvalue weighted by Crippen LogP contribution is 2.15. The normalized spacial score (nSPS) is 11.1. The van der Waals surface area contributed by atoms with Crippen molar-refractivity contribution in [3.8, 4) is 0 Å². The molecule has 110 valence electrons. The summed E-state index contributed by atoms with van der Waals surface area (Å²) in [6.07, 6.45) is 0.922. The van der Waals surface area contributed by atoms with Crippen LogP contribution >= 0.6 is 11.6 Å². The average Bonchev–Trinajstić information content (AvgIpc) is 2.28. The van der Waals surface area contributed by atoms with Crippen LogP contribution in [0.1, 0.15) is 31.1 Å². The molecule has 1 N–H and O–H groups in total. The minimum atomic E-state index is -0.662. The van der Waals surface area contributed by atoms with Crippen molar-refractivity contribution in [2.75, 3.05) is 13.6 Å². The minimum Gasteiger partial charge on any atom is -0.350 e. The van der Waals surface area contributed by atoms with Crippen LogP contribution in [-0.2, 0) is 4.79 Å². The number of halogens is 2. The van der Waals surface area contributed by atoms with Gasteiger partial charge in [0, 0.05) is 12.6 Å². The standard InChI is InChI=1S/C13H17ClFN3O2/c1-13(2,3)17-10(19)7-18(4)12(20)9-5-8(15)6-16-11(9)14/h5-6H,7H2,1-4H3,(H,17,19). The fourth-order valence-electron chi connectivity index (χ4n) is 1.52. The summed E-state index contributed by atoms with van der Waals surface area (Å²) < 4.78 is 13.1. The Morgan fingerprint density at radius 2 is 2.05 bits per heavy atom. The molecule has 5 nitrogen and oxygen atoms in total. The van der Waals surface area contributed by atoms with Crippen LogP contribution in [0, 0.1) is 5.82 Å². The van der Waals surface area contributed by atoms with Gasteiger partial charge < -0.3 is 10.2 Å². The predicted molar refractivity (Wildman–Crippen MR) is 74.1 cm³/mol. The fourth-order valence-corrected chi connectivity index (χ4v) is 1.71. The van der Waals surface area contributed by atoms with Crippen molar-refractivity contribution < 1.29 is 14.0 Å². The number of pyridine rings is 1. The second-order valence-corrected chi connectivity index (χ2v) is 5.81. The van der Waals surface area contributed by atoms with E-state index in [2.05, 4.69) is 10.3 Å². The highest BCUT2D eigenvalue weighted by molar-refractivity contribution is 6.32. The molecule has 0 fully saturated rings. The first-order valence-electron chi connectivity index (χ1n) is 5.97. The Balaban J connectivity index is 2.77. The summed E-state index contributed by atoms with van der Waals surface area (Å²) >= 11 is 5.75. The molecule has 0 saturated heterocycles. The number of amides is 2. The van der Waals surface area contributed by atoms with Crippen LogP contribution in [0.15, 0.2) is 12.3 Å². The summed E-state index contributed by atoms with van der Waals surface area (Å²) in [5.74, 6) is -1.54. The van der Waals surface area contributed by atoms with Crippen LogP contribution < -0.4 is 5.32 Å². The van der Waals surface area contributed by atoms with E-state index >= 15 is 0 Å². The third-order valence-corrected chi connectivity index (χ3v) is 2.58. The molecule has 1 aromatic heterocycles. The Morgan fingerprint density at radius 1 is 1.45 bits per heavy atom. The predicted octanol–water partition coefficient (Wildman–Crippen LogP) is 1.86. The number of nitrogens with one attached hydrogen (secondary N) is 1. The topological polar surface area (TPSA) is 62.3 Å². The highest BCUT2D eigenvalue weighted by Gasteiger charge is 2.21. The lowest BCUT2D eigenvalue weighted by molar-refractivity contribution is -0.122. The van der Waals surface area contributed by atoms with Crippen molar-refractivity contribution in [2.45, 2.75) is 26.3 Å². The maximum absolute atomic E-state index is 13.1. The van der Waals surface area contributed by atoms with Crippen molar-refractivity contribution in [1.82, 2.24) is 15.2 Å². The number of rotatable bonds is 3. The molecule has 0 radical (unpaired) electrons. The number of aromatic nitrogens is 1. The molecule has 0 spiro atoms. The number of carbonyl (C=O) groups is 2. The first kappa shape index (κ1) is 16.4. The van der Waals surface area contributed by atoms with Crippen LogP contribution in [0.3, 0.4) is 0 Å². The SMILES string of the molecule is CN(CC(=O)NC(C)(C)C)C(=O)c1cc(F)cnc1Cl. The zero-order valence-corrected chi connectivity index (χ0v) is 12.6. The molecular weight excluding hydrogens is 285 g/mol. The van der Waals surface area contributed by atoms with Gasteiger partial charge in [0.2, 0.25) is 5.91 Å². The van der Waals surface area contributed by atoms with E-state index in [1.165, 1.54) is 7.05 Å². The smallest absolute Gasteiger partial charge is 0.257 e. The van der Waals surface area contributed by atoms with Crippen molar-refractivity contribution in [3.63, 3.8) is 0 Å². The molecule has 0 aliphatic heterocycles. The van der Waals surface area contributed by atoms with Gasteiger partial charge in [-0.25, -0.2) is 9.37 Å². The Labute approximate surface area is 122 Å². The van der Waals surface area contributed by atoms with Gasteiger partial charge in [-0.3, -0.25) is 9.59 Å². The summed E-state index contributed by atoms with van der Waals surface area (Å²) in [5, 5.41) is 2.63. The van der Waals surface area contributed by atoms with Gasteiger partial charge in [-0.15, -0.1) is 0 Å². The van der Waals surface area contributed by atoms with Crippen LogP contribution in [0.5, 0.6) is 0 Å². The van der Waals surface area contributed by atoms with Gasteiger partial charge in [0.05, 0.1) is 18.3 Å². The zero-order chi connectivity index (χ0) is 15.5. The fraction of sp³-hybridized carbons (Fsp3) is 0.462. The first-order chi connectivity index (χ1) is 9.10.